The van der Waals surface area contributed by atoms with Gasteiger partial charge in [0.25, 0.3) is 0 Å². The molecular formula is C10H17F3N2O2. The normalized spacial score (nSPS) is 22.5. The fraction of sp³-hybridized carbons (Fsp3) is 0.900. The first-order valence-corrected chi connectivity index (χ1v) is 5.57. The summed E-state index contributed by atoms with van der Waals surface area (Å²) in [7, 11) is 0. The molecule has 0 aromatic carbocycles. The summed E-state index contributed by atoms with van der Waals surface area (Å²) in [4.78, 5) is 11.3. The molecule has 1 rings (SSSR count). The van der Waals surface area contributed by atoms with Crippen LogP contribution in [0.1, 0.15) is 19.8 Å². The first-order chi connectivity index (χ1) is 7.88. The van der Waals surface area contributed by atoms with Crippen molar-refractivity contribution in [1.29, 1.82) is 0 Å². The third-order valence-electron chi connectivity index (χ3n) is 2.52. The molecule has 17 heavy (non-hydrogen) atoms. The van der Waals surface area contributed by atoms with E-state index >= 15 is 0 Å². The van der Waals surface area contributed by atoms with Gasteiger partial charge in [-0.1, -0.05) is 0 Å². The quantitative estimate of drug-likeness (QED) is 0.763. The Morgan fingerprint density at radius 1 is 1.53 bits per heavy atom. The molecule has 2 N–H and O–H groups in total. The van der Waals surface area contributed by atoms with Gasteiger partial charge >= 0.3 is 6.18 Å². The van der Waals surface area contributed by atoms with E-state index in [4.69, 9.17) is 4.74 Å². The molecule has 2 unspecified atom stereocenters. The van der Waals surface area contributed by atoms with Gasteiger partial charge in [0.2, 0.25) is 5.91 Å². The molecule has 1 fully saturated rings. The summed E-state index contributed by atoms with van der Waals surface area (Å²) in [5.74, 6) is -0.447. The molecular weight excluding hydrogens is 237 g/mol. The number of hydrogen-bond donors (Lipinski definition) is 2. The predicted octanol–water partition coefficient (Wildman–Crippen LogP) is 0.822. The van der Waals surface area contributed by atoms with Crippen LogP contribution in [0, 0.1) is 0 Å². The standard InChI is InChI=1S/C10H17F3N2O2/c1-7(8-3-2-4-17-8)15-9(16)5-14-6-10(11,12)13/h7-8,14H,2-6H2,1H3,(H,15,16). The van der Waals surface area contributed by atoms with Gasteiger partial charge in [-0.15, -0.1) is 0 Å². The van der Waals surface area contributed by atoms with Gasteiger partial charge in [0, 0.05) is 6.61 Å². The summed E-state index contributed by atoms with van der Waals surface area (Å²) in [6.07, 6.45) is -2.49. The van der Waals surface area contributed by atoms with Gasteiger partial charge in [-0.25, -0.2) is 0 Å². The molecule has 1 aliphatic heterocycles. The highest BCUT2D eigenvalue weighted by molar-refractivity contribution is 5.78. The highest BCUT2D eigenvalue weighted by Crippen LogP contribution is 2.15. The van der Waals surface area contributed by atoms with Gasteiger partial charge < -0.3 is 15.4 Å². The monoisotopic (exact) mass is 254 g/mol. The van der Waals surface area contributed by atoms with E-state index in [1.165, 1.54) is 0 Å². The minimum Gasteiger partial charge on any atom is -0.376 e. The molecule has 2 atom stereocenters. The Bertz CT molecular complexity index is 252. The van der Waals surface area contributed by atoms with Crippen LogP contribution in [0.2, 0.25) is 0 Å². The van der Waals surface area contributed by atoms with Crippen LogP contribution in [0.5, 0.6) is 0 Å². The molecule has 0 radical (unpaired) electrons. The number of nitrogens with one attached hydrogen (secondary N) is 2. The Balaban J connectivity index is 2.15. The fourth-order valence-electron chi connectivity index (χ4n) is 1.71. The molecule has 1 amide bonds. The summed E-state index contributed by atoms with van der Waals surface area (Å²) in [5, 5.41) is 4.66. The maximum Gasteiger partial charge on any atom is 0.401 e. The number of alkyl halides is 3. The van der Waals surface area contributed by atoms with Crippen LogP contribution in [0.4, 0.5) is 13.2 Å². The number of hydrogen-bond acceptors (Lipinski definition) is 3. The zero-order chi connectivity index (χ0) is 12.9. The van der Waals surface area contributed by atoms with E-state index in [0.29, 0.717) is 6.61 Å². The van der Waals surface area contributed by atoms with Crippen LogP contribution in [-0.2, 0) is 9.53 Å². The summed E-state index contributed by atoms with van der Waals surface area (Å²) in [6, 6.07) is -0.169. The Kier molecular flexibility index (Phi) is 5.20. The van der Waals surface area contributed by atoms with Gasteiger partial charge in [0.05, 0.1) is 25.2 Å². The minimum atomic E-state index is -4.29. The van der Waals surface area contributed by atoms with Crippen LogP contribution in [0.15, 0.2) is 0 Å². The van der Waals surface area contributed by atoms with Crippen LogP contribution in [0.3, 0.4) is 0 Å². The van der Waals surface area contributed by atoms with Gasteiger partial charge in [-0.2, -0.15) is 13.2 Å². The van der Waals surface area contributed by atoms with Crippen LogP contribution >= 0.6 is 0 Å². The number of ether oxygens (including phenoxy) is 1. The smallest absolute Gasteiger partial charge is 0.376 e. The average molecular weight is 254 g/mol. The highest BCUT2D eigenvalue weighted by atomic mass is 19.4. The molecule has 0 saturated carbocycles. The van der Waals surface area contributed by atoms with Crippen LogP contribution in [0.25, 0.3) is 0 Å². The number of carbonyl (C=O) groups excluding carboxylic acids is 1. The Morgan fingerprint density at radius 3 is 2.76 bits per heavy atom. The lowest BCUT2D eigenvalue weighted by Crippen LogP contribution is -2.45. The van der Waals surface area contributed by atoms with E-state index in [2.05, 4.69) is 5.32 Å². The molecule has 0 bridgehead atoms. The van der Waals surface area contributed by atoms with Crippen molar-refractivity contribution >= 4 is 5.91 Å². The SMILES string of the molecule is CC(NC(=O)CNCC(F)(F)F)C1CCCO1. The van der Waals surface area contributed by atoms with Crippen LogP contribution < -0.4 is 10.6 Å². The van der Waals surface area contributed by atoms with Gasteiger partial charge in [-0.3, -0.25) is 4.79 Å². The van der Waals surface area contributed by atoms with Crippen molar-refractivity contribution in [3.05, 3.63) is 0 Å². The van der Waals surface area contributed by atoms with Crippen molar-refractivity contribution in [3.8, 4) is 0 Å². The van der Waals surface area contributed by atoms with Gasteiger partial charge in [-0.05, 0) is 19.8 Å². The average Bonchev–Trinajstić information content (AvgIpc) is 2.67. The number of rotatable bonds is 5. The van der Waals surface area contributed by atoms with Crippen molar-refractivity contribution in [1.82, 2.24) is 10.6 Å². The van der Waals surface area contributed by atoms with Crippen molar-refractivity contribution in [2.45, 2.75) is 38.1 Å². The summed E-state index contributed by atoms with van der Waals surface area (Å²) < 4.78 is 40.8. The number of amides is 1. The maximum absolute atomic E-state index is 11.8. The largest absolute Gasteiger partial charge is 0.401 e. The molecule has 1 aliphatic rings. The van der Waals surface area contributed by atoms with E-state index in [1.54, 1.807) is 6.92 Å². The summed E-state index contributed by atoms with van der Waals surface area (Å²) in [6.45, 7) is 0.972. The van der Waals surface area contributed by atoms with Gasteiger partial charge in [0.15, 0.2) is 0 Å². The Hall–Kier alpha value is -0.820. The Morgan fingerprint density at radius 2 is 2.24 bits per heavy atom. The molecule has 0 aromatic heterocycles. The molecule has 0 aliphatic carbocycles. The van der Waals surface area contributed by atoms with Crippen molar-refractivity contribution in [2.24, 2.45) is 0 Å². The summed E-state index contributed by atoms with van der Waals surface area (Å²) in [5.41, 5.74) is 0. The topological polar surface area (TPSA) is 50.4 Å². The lowest BCUT2D eigenvalue weighted by molar-refractivity contribution is -0.129. The molecule has 0 spiro atoms. The molecule has 1 heterocycles. The minimum absolute atomic E-state index is 0.0263. The molecule has 1 saturated heterocycles. The van der Waals surface area contributed by atoms with E-state index < -0.39 is 18.6 Å². The zero-order valence-corrected chi connectivity index (χ0v) is 9.64. The van der Waals surface area contributed by atoms with Gasteiger partial charge in [0.1, 0.15) is 0 Å². The highest BCUT2D eigenvalue weighted by Gasteiger charge is 2.27. The van der Waals surface area contributed by atoms with Crippen molar-refractivity contribution in [2.75, 3.05) is 19.7 Å². The zero-order valence-electron chi connectivity index (χ0n) is 9.64. The fourth-order valence-corrected chi connectivity index (χ4v) is 1.71. The lowest BCUT2D eigenvalue weighted by atomic mass is 10.1. The lowest BCUT2D eigenvalue weighted by Gasteiger charge is -2.20. The van der Waals surface area contributed by atoms with E-state index in [9.17, 15) is 18.0 Å². The third-order valence-corrected chi connectivity index (χ3v) is 2.52. The second-order valence-electron chi connectivity index (χ2n) is 4.13. The van der Waals surface area contributed by atoms with E-state index in [-0.39, 0.29) is 18.7 Å². The molecule has 0 aromatic rings. The number of carbonyl (C=O) groups is 1. The molecule has 7 heteroatoms. The van der Waals surface area contributed by atoms with E-state index in [0.717, 1.165) is 12.8 Å². The maximum atomic E-state index is 11.8. The predicted molar refractivity (Wildman–Crippen MR) is 55.5 cm³/mol. The molecule has 4 nitrogen and oxygen atoms in total. The third kappa shape index (κ3) is 5.88. The first-order valence-electron chi connectivity index (χ1n) is 5.57. The first kappa shape index (κ1) is 14.2. The number of halogens is 3. The Labute approximate surface area is 97.9 Å². The van der Waals surface area contributed by atoms with E-state index in [1.807, 2.05) is 5.32 Å². The summed E-state index contributed by atoms with van der Waals surface area (Å²) >= 11 is 0. The van der Waals surface area contributed by atoms with Crippen molar-refractivity contribution < 1.29 is 22.7 Å². The molecule has 100 valence electrons. The van der Waals surface area contributed by atoms with Crippen molar-refractivity contribution in [3.63, 3.8) is 0 Å². The van der Waals surface area contributed by atoms with Crippen LogP contribution in [-0.4, -0.2) is 43.9 Å². The second-order valence-corrected chi connectivity index (χ2v) is 4.13. The second kappa shape index (κ2) is 6.20.